The Kier molecular flexibility index (Phi) is 9.30. The molecule has 0 spiro atoms. The third-order valence-electron chi connectivity index (χ3n) is 3.71. The van der Waals surface area contributed by atoms with E-state index in [1.807, 2.05) is 13.8 Å². The second-order valence-corrected chi connectivity index (χ2v) is 7.68. The van der Waals surface area contributed by atoms with Gasteiger partial charge < -0.3 is 15.4 Å². The lowest BCUT2D eigenvalue weighted by Gasteiger charge is -2.09. The number of hydrogen-bond acceptors (Lipinski definition) is 5. The van der Waals surface area contributed by atoms with E-state index in [0.717, 1.165) is 0 Å². The number of nitrogens with zero attached hydrogens (tertiary/aromatic N) is 1. The standard InChI is InChI=1S/C21H22Cl2N4O4/c1-13(2)10-24-20(29)21(30)27-25-11-14-3-6-16(7-4-14)31-12-19(28)26-18-8-5-15(22)9-17(18)23/h3-9,11,13H,10,12H2,1-2H3,(H,24,29)(H,26,28)(H,27,30)/b25-11-. The van der Waals surface area contributed by atoms with Crippen molar-refractivity contribution in [2.24, 2.45) is 11.0 Å². The first-order valence-electron chi connectivity index (χ1n) is 9.33. The molecule has 0 atom stereocenters. The van der Waals surface area contributed by atoms with Gasteiger partial charge in [0.1, 0.15) is 5.75 Å². The van der Waals surface area contributed by atoms with Gasteiger partial charge in [-0.2, -0.15) is 5.10 Å². The Bertz CT molecular complexity index is 962. The molecule has 31 heavy (non-hydrogen) atoms. The number of hydrogen-bond donors (Lipinski definition) is 3. The van der Waals surface area contributed by atoms with Gasteiger partial charge in [-0.05, 0) is 53.9 Å². The predicted molar refractivity (Wildman–Crippen MR) is 121 cm³/mol. The quantitative estimate of drug-likeness (QED) is 0.316. The maximum atomic E-state index is 12.0. The third kappa shape index (κ3) is 8.65. The van der Waals surface area contributed by atoms with E-state index in [9.17, 15) is 14.4 Å². The molecule has 2 aromatic rings. The molecule has 0 aromatic heterocycles. The van der Waals surface area contributed by atoms with Gasteiger partial charge in [-0.25, -0.2) is 5.43 Å². The van der Waals surface area contributed by atoms with Gasteiger partial charge in [0, 0.05) is 11.6 Å². The topological polar surface area (TPSA) is 109 Å². The molecule has 0 aliphatic heterocycles. The number of rotatable bonds is 8. The van der Waals surface area contributed by atoms with Gasteiger partial charge in [-0.3, -0.25) is 14.4 Å². The first-order chi connectivity index (χ1) is 14.7. The minimum atomic E-state index is -0.844. The Labute approximate surface area is 189 Å². The number of amides is 3. The Morgan fingerprint density at radius 2 is 1.77 bits per heavy atom. The SMILES string of the molecule is CC(C)CNC(=O)C(=O)N/N=C\c1ccc(OCC(=O)Nc2ccc(Cl)cc2Cl)cc1. The van der Waals surface area contributed by atoms with Crippen molar-refractivity contribution in [3.05, 3.63) is 58.1 Å². The molecule has 2 aromatic carbocycles. The van der Waals surface area contributed by atoms with E-state index in [4.69, 9.17) is 27.9 Å². The second-order valence-electron chi connectivity index (χ2n) is 6.83. The summed E-state index contributed by atoms with van der Waals surface area (Å²) in [5.74, 6) is -1.27. The molecule has 0 aliphatic carbocycles. The molecule has 0 saturated heterocycles. The molecule has 0 unspecified atom stereocenters. The Hall–Kier alpha value is -3.10. The first kappa shape index (κ1) is 24.2. The van der Waals surface area contributed by atoms with Crippen LogP contribution in [0.3, 0.4) is 0 Å². The fourth-order valence-corrected chi connectivity index (χ4v) is 2.63. The number of benzene rings is 2. The Balaban J connectivity index is 1.78. The number of anilines is 1. The molecular weight excluding hydrogens is 443 g/mol. The molecule has 3 amide bonds. The van der Waals surface area contributed by atoms with Gasteiger partial charge in [0.25, 0.3) is 5.91 Å². The Morgan fingerprint density at radius 1 is 1.06 bits per heavy atom. The molecule has 0 fully saturated rings. The van der Waals surface area contributed by atoms with Crippen LogP contribution in [-0.4, -0.2) is 37.1 Å². The lowest BCUT2D eigenvalue weighted by molar-refractivity contribution is -0.139. The lowest BCUT2D eigenvalue weighted by Crippen LogP contribution is -2.39. The first-order valence-corrected chi connectivity index (χ1v) is 10.1. The van der Waals surface area contributed by atoms with E-state index in [1.165, 1.54) is 12.3 Å². The summed E-state index contributed by atoms with van der Waals surface area (Å²) in [6, 6.07) is 11.4. The highest BCUT2D eigenvalue weighted by atomic mass is 35.5. The minimum absolute atomic E-state index is 0.214. The van der Waals surface area contributed by atoms with Gasteiger partial charge in [0.2, 0.25) is 0 Å². The van der Waals surface area contributed by atoms with Crippen LogP contribution in [0, 0.1) is 5.92 Å². The van der Waals surface area contributed by atoms with Crippen molar-refractivity contribution >= 4 is 52.8 Å². The van der Waals surface area contributed by atoms with Crippen LogP contribution in [0.25, 0.3) is 0 Å². The zero-order chi connectivity index (χ0) is 22.8. The van der Waals surface area contributed by atoms with Gasteiger partial charge in [0.05, 0.1) is 16.9 Å². The predicted octanol–water partition coefficient (Wildman–Crippen LogP) is 3.23. The summed E-state index contributed by atoms with van der Waals surface area (Å²) in [5, 5.41) is 9.67. The van der Waals surface area contributed by atoms with Crippen molar-refractivity contribution in [3.8, 4) is 5.75 Å². The zero-order valence-corrected chi connectivity index (χ0v) is 18.5. The van der Waals surface area contributed by atoms with Gasteiger partial charge in [-0.1, -0.05) is 37.0 Å². The average molecular weight is 465 g/mol. The smallest absolute Gasteiger partial charge is 0.329 e. The number of carbonyl (C=O) groups excluding carboxylic acids is 3. The zero-order valence-electron chi connectivity index (χ0n) is 16.9. The summed E-state index contributed by atoms with van der Waals surface area (Å²) in [5.41, 5.74) is 3.25. The van der Waals surface area contributed by atoms with E-state index in [-0.39, 0.29) is 18.4 Å². The molecule has 0 aliphatic rings. The van der Waals surface area contributed by atoms with E-state index in [2.05, 4.69) is 21.2 Å². The summed E-state index contributed by atoms with van der Waals surface area (Å²) in [4.78, 5) is 35.2. The number of carbonyl (C=O) groups is 3. The van der Waals surface area contributed by atoms with Crippen molar-refractivity contribution in [2.75, 3.05) is 18.5 Å². The highest BCUT2D eigenvalue weighted by Gasteiger charge is 2.12. The fourth-order valence-electron chi connectivity index (χ4n) is 2.17. The van der Waals surface area contributed by atoms with Crippen LogP contribution in [0.2, 0.25) is 10.0 Å². The van der Waals surface area contributed by atoms with Crippen molar-refractivity contribution in [1.29, 1.82) is 0 Å². The van der Waals surface area contributed by atoms with E-state index >= 15 is 0 Å². The largest absolute Gasteiger partial charge is 0.484 e. The van der Waals surface area contributed by atoms with Crippen molar-refractivity contribution in [2.45, 2.75) is 13.8 Å². The van der Waals surface area contributed by atoms with Crippen LogP contribution >= 0.6 is 23.2 Å². The highest BCUT2D eigenvalue weighted by Crippen LogP contribution is 2.25. The van der Waals surface area contributed by atoms with E-state index in [0.29, 0.717) is 33.6 Å². The number of nitrogens with one attached hydrogen (secondary N) is 3. The van der Waals surface area contributed by atoms with E-state index < -0.39 is 11.8 Å². The number of ether oxygens (including phenoxy) is 1. The van der Waals surface area contributed by atoms with Crippen LogP contribution in [0.5, 0.6) is 5.75 Å². The van der Waals surface area contributed by atoms with Crippen molar-refractivity contribution < 1.29 is 19.1 Å². The third-order valence-corrected chi connectivity index (χ3v) is 4.26. The van der Waals surface area contributed by atoms with Crippen LogP contribution in [0.1, 0.15) is 19.4 Å². The average Bonchev–Trinajstić information content (AvgIpc) is 2.73. The van der Waals surface area contributed by atoms with Crippen LogP contribution in [0.15, 0.2) is 47.6 Å². The van der Waals surface area contributed by atoms with Crippen LogP contribution in [-0.2, 0) is 14.4 Å². The molecular formula is C21H22Cl2N4O4. The molecule has 3 N–H and O–H groups in total. The molecule has 8 nitrogen and oxygen atoms in total. The van der Waals surface area contributed by atoms with Gasteiger partial charge in [-0.15, -0.1) is 0 Å². The molecule has 0 radical (unpaired) electrons. The summed E-state index contributed by atoms with van der Waals surface area (Å²) >= 11 is 11.8. The van der Waals surface area contributed by atoms with E-state index in [1.54, 1.807) is 36.4 Å². The molecule has 0 saturated carbocycles. The van der Waals surface area contributed by atoms with Crippen molar-refractivity contribution in [1.82, 2.24) is 10.7 Å². The lowest BCUT2D eigenvalue weighted by atomic mass is 10.2. The summed E-state index contributed by atoms with van der Waals surface area (Å²) < 4.78 is 5.43. The monoisotopic (exact) mass is 464 g/mol. The second kappa shape index (κ2) is 11.9. The van der Waals surface area contributed by atoms with Crippen molar-refractivity contribution in [3.63, 3.8) is 0 Å². The normalized spacial score (nSPS) is 10.7. The molecule has 2 rings (SSSR count). The summed E-state index contributed by atoms with van der Waals surface area (Å²) in [7, 11) is 0. The number of hydrazone groups is 1. The number of halogens is 2. The molecule has 164 valence electrons. The van der Waals surface area contributed by atoms with Gasteiger partial charge >= 0.3 is 11.8 Å². The summed E-state index contributed by atoms with van der Waals surface area (Å²) in [6.07, 6.45) is 1.38. The van der Waals surface area contributed by atoms with Crippen LogP contribution in [0.4, 0.5) is 5.69 Å². The van der Waals surface area contributed by atoms with Gasteiger partial charge in [0.15, 0.2) is 6.61 Å². The molecule has 0 bridgehead atoms. The Morgan fingerprint density at radius 3 is 2.42 bits per heavy atom. The fraction of sp³-hybridized carbons (Fsp3) is 0.238. The summed E-state index contributed by atoms with van der Waals surface area (Å²) in [6.45, 7) is 4.03. The molecule has 0 heterocycles. The minimum Gasteiger partial charge on any atom is -0.484 e. The van der Waals surface area contributed by atoms with Crippen LogP contribution < -0.4 is 20.8 Å². The molecule has 10 heteroatoms. The highest BCUT2D eigenvalue weighted by molar-refractivity contribution is 6.36. The maximum absolute atomic E-state index is 12.0. The maximum Gasteiger partial charge on any atom is 0.329 e.